The van der Waals surface area contributed by atoms with Crippen molar-refractivity contribution in [3.8, 4) is 22.5 Å². The Labute approximate surface area is 300 Å². The lowest BCUT2D eigenvalue weighted by molar-refractivity contribution is -0.133. The molecule has 0 unspecified atom stereocenters. The quantitative estimate of drug-likeness (QED) is 0.175. The fraction of sp³-hybridized carbons (Fsp3) is 0.275. The molecular formula is C40H40F2N4O6. The number of aromatic nitrogens is 2. The Bertz CT molecular complexity index is 2310. The molecule has 1 fully saturated rings. The third-order valence-electron chi connectivity index (χ3n) is 9.06. The third kappa shape index (κ3) is 7.01. The highest BCUT2D eigenvalue weighted by Gasteiger charge is 2.41. The zero-order valence-electron chi connectivity index (χ0n) is 29.6. The second-order valence-electron chi connectivity index (χ2n) is 13.7. The van der Waals surface area contributed by atoms with E-state index in [0.29, 0.717) is 46.7 Å². The largest absolute Gasteiger partial charge is 0.475 e. The first kappa shape index (κ1) is 35.9. The highest BCUT2D eigenvalue weighted by molar-refractivity contribution is 6.00. The predicted octanol–water partition coefficient (Wildman–Crippen LogP) is 8.81. The number of furan rings is 2. The first-order chi connectivity index (χ1) is 24.6. The Kier molecular flexibility index (Phi) is 9.67. The van der Waals surface area contributed by atoms with Crippen molar-refractivity contribution in [3.05, 3.63) is 107 Å². The van der Waals surface area contributed by atoms with Gasteiger partial charge < -0.3 is 24.2 Å². The number of benzene rings is 2. The van der Waals surface area contributed by atoms with Crippen LogP contribution in [0.4, 0.5) is 8.78 Å². The van der Waals surface area contributed by atoms with Gasteiger partial charge in [-0.2, -0.15) is 0 Å². The van der Waals surface area contributed by atoms with Crippen molar-refractivity contribution in [2.75, 3.05) is 13.1 Å². The van der Waals surface area contributed by atoms with Crippen LogP contribution in [0.1, 0.15) is 87.0 Å². The van der Waals surface area contributed by atoms with Crippen LogP contribution in [-0.4, -0.2) is 56.4 Å². The number of aromatic carboxylic acids is 1. The molecule has 12 heteroatoms. The molecule has 270 valence electrons. The molecule has 52 heavy (non-hydrogen) atoms. The summed E-state index contributed by atoms with van der Waals surface area (Å²) in [5.74, 6) is -2.02. The molecule has 1 aliphatic rings. The summed E-state index contributed by atoms with van der Waals surface area (Å²) in [4.78, 5) is 47.1. The highest BCUT2D eigenvalue weighted by atomic mass is 19.1. The molecule has 2 amide bonds. The number of pyridine rings is 2. The number of halogens is 2. The summed E-state index contributed by atoms with van der Waals surface area (Å²) >= 11 is 0. The average Bonchev–Trinajstić information content (AvgIpc) is 3.74. The Morgan fingerprint density at radius 1 is 0.788 bits per heavy atom. The molecule has 0 atom stereocenters. The predicted molar refractivity (Wildman–Crippen MR) is 194 cm³/mol. The van der Waals surface area contributed by atoms with Crippen molar-refractivity contribution in [2.45, 2.75) is 58.9 Å². The molecule has 0 saturated carbocycles. The van der Waals surface area contributed by atoms with Gasteiger partial charge >= 0.3 is 5.97 Å². The molecule has 0 bridgehead atoms. The first-order valence-electron chi connectivity index (χ1n) is 16.9. The maximum Gasteiger partial charge on any atom is 0.371 e. The number of nitrogens with zero attached hydrogens (tertiary/aromatic N) is 3. The molecule has 5 heterocycles. The van der Waals surface area contributed by atoms with Gasteiger partial charge in [-0.1, -0.05) is 27.7 Å². The molecule has 2 N–H and O–H groups in total. The number of carboxylic acid groups (broad SMARTS) is 1. The number of carboxylic acids is 1. The topological polar surface area (TPSA) is 139 Å². The lowest BCUT2D eigenvalue weighted by Crippen LogP contribution is -2.63. The summed E-state index contributed by atoms with van der Waals surface area (Å²) in [6.07, 6.45) is 0. The van der Waals surface area contributed by atoms with E-state index in [1.165, 1.54) is 35.2 Å². The molecule has 0 spiro atoms. The SMILES string of the molecule is CC(C)c1cc(-c2ccc(F)cc2)nc2cc(C(=O)N3CCNC(=O)C3(C)C)oc12.CC(C)c1cc(-c2ccc(F)cc2)nc2cc(C(=O)O)oc12.[2HH]. The maximum absolute atomic E-state index is 13.3. The number of nitrogens with one attached hydrogen (secondary N) is 1. The van der Waals surface area contributed by atoms with Crippen LogP contribution in [0.2, 0.25) is 0 Å². The summed E-state index contributed by atoms with van der Waals surface area (Å²) in [5.41, 5.74) is 5.79. The summed E-state index contributed by atoms with van der Waals surface area (Å²) < 4.78 is 37.7. The minimum Gasteiger partial charge on any atom is -0.475 e. The van der Waals surface area contributed by atoms with Crippen molar-refractivity contribution in [3.63, 3.8) is 0 Å². The van der Waals surface area contributed by atoms with Crippen LogP contribution in [0.15, 0.2) is 81.6 Å². The van der Waals surface area contributed by atoms with E-state index >= 15 is 0 Å². The molecule has 10 nitrogen and oxygen atoms in total. The van der Waals surface area contributed by atoms with Gasteiger partial charge in [0.05, 0.1) is 11.4 Å². The molecule has 1 saturated heterocycles. The van der Waals surface area contributed by atoms with Crippen LogP contribution >= 0.6 is 0 Å². The second-order valence-corrected chi connectivity index (χ2v) is 13.7. The third-order valence-corrected chi connectivity index (χ3v) is 9.06. The number of piperazine rings is 1. The minimum absolute atomic E-state index is 0. The number of hydrogen-bond donors (Lipinski definition) is 2. The second kappa shape index (κ2) is 14.0. The van der Waals surface area contributed by atoms with Gasteiger partial charge in [0, 0.05) is 48.9 Å². The standard InChI is InChI=1S/C23H24FN3O3.C17H14FNO3.H2/c1-13(2)16-11-17(14-5-7-15(24)8-6-14)26-18-12-19(30-20(16)18)21(28)27-10-9-25-22(29)23(27,3)4;1-9(2)12-7-13(10-3-5-11(18)6-4-10)19-14-8-15(17(20)21)22-16(12)14;/h5-8,11-13H,9-10H2,1-4H3,(H,25,29);3-9H,1-2H3,(H,20,21);1H/i;;1+1. The van der Waals surface area contributed by atoms with Crippen LogP contribution in [0.3, 0.4) is 0 Å². The summed E-state index contributed by atoms with van der Waals surface area (Å²) in [7, 11) is 0. The molecule has 4 aromatic heterocycles. The molecule has 2 aromatic carbocycles. The number of rotatable bonds is 6. The fourth-order valence-electron chi connectivity index (χ4n) is 6.09. The Morgan fingerprint density at radius 2 is 1.23 bits per heavy atom. The van der Waals surface area contributed by atoms with Crippen molar-refractivity contribution in [1.82, 2.24) is 20.2 Å². The minimum atomic E-state index is -1.13. The van der Waals surface area contributed by atoms with Crippen LogP contribution in [-0.2, 0) is 4.79 Å². The number of carbonyl (C=O) groups is 3. The molecule has 0 radical (unpaired) electrons. The lowest BCUT2D eigenvalue weighted by Gasteiger charge is -2.40. The van der Waals surface area contributed by atoms with Crippen molar-refractivity contribution >= 4 is 40.0 Å². The molecule has 1 aliphatic heterocycles. The van der Waals surface area contributed by atoms with E-state index in [-0.39, 0.29) is 48.2 Å². The van der Waals surface area contributed by atoms with E-state index in [1.54, 1.807) is 44.2 Å². The Balaban J connectivity index is 0.000000210. The van der Waals surface area contributed by atoms with Crippen LogP contribution in [0.5, 0.6) is 0 Å². The van der Waals surface area contributed by atoms with E-state index in [2.05, 4.69) is 15.3 Å². The zero-order chi connectivity index (χ0) is 37.5. The van der Waals surface area contributed by atoms with Gasteiger partial charge in [-0.3, -0.25) is 9.59 Å². The number of amides is 2. The van der Waals surface area contributed by atoms with Crippen LogP contribution in [0, 0.1) is 11.6 Å². The van der Waals surface area contributed by atoms with E-state index in [4.69, 9.17) is 13.9 Å². The highest BCUT2D eigenvalue weighted by Crippen LogP contribution is 2.34. The molecule has 6 aromatic rings. The van der Waals surface area contributed by atoms with Gasteiger partial charge in [-0.05, 0) is 86.3 Å². The van der Waals surface area contributed by atoms with E-state index in [1.807, 2.05) is 39.8 Å². The number of hydrogen-bond acceptors (Lipinski definition) is 7. The van der Waals surface area contributed by atoms with Crippen molar-refractivity contribution < 1.29 is 38.5 Å². The fourth-order valence-corrected chi connectivity index (χ4v) is 6.09. The Hall–Kier alpha value is -5.91. The summed E-state index contributed by atoms with van der Waals surface area (Å²) in [6, 6.07) is 19.0. The van der Waals surface area contributed by atoms with Gasteiger partial charge in [0.15, 0.2) is 16.9 Å². The van der Waals surface area contributed by atoms with Crippen LogP contribution < -0.4 is 5.32 Å². The van der Waals surface area contributed by atoms with E-state index in [9.17, 15) is 23.2 Å². The van der Waals surface area contributed by atoms with Gasteiger partial charge in [0.25, 0.3) is 5.91 Å². The maximum atomic E-state index is 13.3. The normalized spacial score (nSPS) is 14.1. The lowest BCUT2D eigenvalue weighted by atomic mass is 9.98. The molecule has 0 aliphatic carbocycles. The molecular weight excluding hydrogens is 670 g/mol. The van der Waals surface area contributed by atoms with Gasteiger partial charge in [0.1, 0.15) is 28.2 Å². The van der Waals surface area contributed by atoms with E-state index < -0.39 is 11.5 Å². The number of carbonyl (C=O) groups excluding carboxylic acids is 2. The monoisotopic (exact) mass is 711 g/mol. The van der Waals surface area contributed by atoms with Gasteiger partial charge in [0.2, 0.25) is 11.7 Å². The first-order valence-corrected chi connectivity index (χ1v) is 16.9. The number of fused-ring (bicyclic) bond motifs is 2. The van der Waals surface area contributed by atoms with Gasteiger partial charge in [-0.25, -0.2) is 23.5 Å². The average molecular weight is 712 g/mol. The molecule has 7 rings (SSSR count). The summed E-state index contributed by atoms with van der Waals surface area (Å²) in [6.45, 7) is 12.3. The summed E-state index contributed by atoms with van der Waals surface area (Å²) in [5, 5.41) is 11.9. The van der Waals surface area contributed by atoms with Crippen molar-refractivity contribution in [2.24, 2.45) is 0 Å². The van der Waals surface area contributed by atoms with E-state index in [0.717, 1.165) is 22.3 Å². The van der Waals surface area contributed by atoms with Crippen LogP contribution in [0.25, 0.3) is 44.7 Å². The smallest absolute Gasteiger partial charge is 0.371 e. The van der Waals surface area contributed by atoms with Crippen molar-refractivity contribution in [1.29, 1.82) is 0 Å². The Morgan fingerprint density at radius 3 is 1.67 bits per heavy atom. The van der Waals surface area contributed by atoms with Gasteiger partial charge in [-0.15, -0.1) is 0 Å². The zero-order valence-corrected chi connectivity index (χ0v) is 29.6.